The molecule has 0 amide bonds. The molecule has 0 unspecified atom stereocenters. The quantitative estimate of drug-likeness (QED) is 0.885. The molecule has 1 aliphatic rings. The summed E-state index contributed by atoms with van der Waals surface area (Å²) in [6, 6.07) is 8.22. The van der Waals surface area contributed by atoms with Crippen LogP contribution >= 0.6 is 11.6 Å². The second kappa shape index (κ2) is 6.74. The lowest BCUT2D eigenvalue weighted by Gasteiger charge is -2.46. The van der Waals surface area contributed by atoms with Crippen molar-refractivity contribution in [3.63, 3.8) is 0 Å². The van der Waals surface area contributed by atoms with Gasteiger partial charge in [0.25, 0.3) is 0 Å². The molecule has 2 nitrogen and oxygen atoms in total. The van der Waals surface area contributed by atoms with E-state index in [9.17, 15) is 0 Å². The maximum atomic E-state index is 6.31. The van der Waals surface area contributed by atoms with Crippen molar-refractivity contribution in [1.29, 1.82) is 0 Å². The van der Waals surface area contributed by atoms with Gasteiger partial charge < -0.3 is 5.32 Å². The normalized spacial score (nSPS) is 18.7. The highest BCUT2D eigenvalue weighted by atomic mass is 35.5. The van der Waals surface area contributed by atoms with Crippen molar-refractivity contribution in [2.45, 2.75) is 45.2 Å². The summed E-state index contributed by atoms with van der Waals surface area (Å²) in [6.45, 7) is 8.89. The fraction of sp³-hybridized carbons (Fsp3) is 0.625. The molecule has 19 heavy (non-hydrogen) atoms. The Labute approximate surface area is 122 Å². The third kappa shape index (κ3) is 3.31. The summed E-state index contributed by atoms with van der Waals surface area (Å²) < 4.78 is 0. The highest BCUT2D eigenvalue weighted by Gasteiger charge is 2.35. The molecular weight excluding hydrogens is 256 g/mol. The topological polar surface area (TPSA) is 15.3 Å². The maximum absolute atomic E-state index is 6.31. The van der Waals surface area contributed by atoms with Crippen LogP contribution in [-0.4, -0.2) is 30.1 Å². The number of nitrogens with one attached hydrogen (secondary N) is 1. The van der Waals surface area contributed by atoms with Crippen LogP contribution in [0.15, 0.2) is 24.3 Å². The largest absolute Gasteiger partial charge is 0.317 e. The first-order valence-electron chi connectivity index (χ1n) is 7.41. The molecular formula is C16H25ClN2. The highest BCUT2D eigenvalue weighted by molar-refractivity contribution is 6.31. The lowest BCUT2D eigenvalue weighted by atomic mass is 9.83. The van der Waals surface area contributed by atoms with Crippen molar-refractivity contribution < 1.29 is 0 Å². The van der Waals surface area contributed by atoms with E-state index in [1.807, 2.05) is 12.1 Å². The van der Waals surface area contributed by atoms with E-state index in [1.165, 1.54) is 24.8 Å². The molecule has 3 heteroatoms. The molecule has 1 saturated heterocycles. The average molecular weight is 281 g/mol. The van der Waals surface area contributed by atoms with Crippen LogP contribution in [0.5, 0.6) is 0 Å². The molecule has 0 spiro atoms. The molecule has 106 valence electrons. The summed E-state index contributed by atoms with van der Waals surface area (Å²) in [5.41, 5.74) is 1.59. The molecule has 0 radical (unpaired) electrons. The van der Waals surface area contributed by atoms with Gasteiger partial charge in [0.1, 0.15) is 0 Å². The summed E-state index contributed by atoms with van der Waals surface area (Å²) in [5, 5.41) is 4.37. The summed E-state index contributed by atoms with van der Waals surface area (Å²) in [6.07, 6.45) is 3.69. The molecule has 0 bridgehead atoms. The summed E-state index contributed by atoms with van der Waals surface area (Å²) in [4.78, 5) is 2.62. The molecule has 0 atom stereocenters. The van der Waals surface area contributed by atoms with Crippen LogP contribution in [-0.2, 0) is 6.54 Å². The Balaban J connectivity index is 2.17. The Morgan fingerprint density at radius 2 is 1.89 bits per heavy atom. The number of hydrogen-bond donors (Lipinski definition) is 1. The minimum absolute atomic E-state index is 0.346. The van der Waals surface area contributed by atoms with E-state index in [0.29, 0.717) is 5.54 Å². The van der Waals surface area contributed by atoms with Gasteiger partial charge in [0.15, 0.2) is 0 Å². The lowest BCUT2D eigenvalue weighted by Crippen LogP contribution is -2.53. The van der Waals surface area contributed by atoms with Gasteiger partial charge in [-0.05, 0) is 50.5 Å². The van der Waals surface area contributed by atoms with E-state index in [4.69, 9.17) is 11.6 Å². The van der Waals surface area contributed by atoms with Crippen molar-refractivity contribution >= 4 is 11.6 Å². The first-order valence-corrected chi connectivity index (χ1v) is 7.79. The van der Waals surface area contributed by atoms with Gasteiger partial charge >= 0.3 is 0 Å². The van der Waals surface area contributed by atoms with Crippen LogP contribution in [0.3, 0.4) is 0 Å². The van der Waals surface area contributed by atoms with Crippen LogP contribution in [0.1, 0.15) is 38.7 Å². The van der Waals surface area contributed by atoms with Gasteiger partial charge in [-0.25, -0.2) is 0 Å². The first-order chi connectivity index (χ1) is 9.22. The van der Waals surface area contributed by atoms with E-state index >= 15 is 0 Å². The van der Waals surface area contributed by atoms with Crippen molar-refractivity contribution in [2.75, 3.05) is 19.6 Å². The number of hydrogen-bond acceptors (Lipinski definition) is 2. The molecule has 1 aromatic rings. The van der Waals surface area contributed by atoms with Gasteiger partial charge in [0, 0.05) is 17.1 Å². The standard InChI is InChI=1S/C16H25ClN2/c1-3-16(9-11-18-12-10-16)19(4-2)13-14-7-5-6-8-15(14)17/h5-8,18H,3-4,9-13H2,1-2H3. The Kier molecular flexibility index (Phi) is 5.26. The summed E-state index contributed by atoms with van der Waals surface area (Å²) in [7, 11) is 0. The SMILES string of the molecule is CCN(Cc1ccccc1Cl)C1(CC)CCNCC1. The summed E-state index contributed by atoms with van der Waals surface area (Å²) in [5.74, 6) is 0. The third-order valence-electron chi connectivity index (χ3n) is 4.56. The van der Waals surface area contributed by atoms with Gasteiger partial charge in [-0.15, -0.1) is 0 Å². The third-order valence-corrected chi connectivity index (χ3v) is 4.93. The Morgan fingerprint density at radius 3 is 2.47 bits per heavy atom. The van der Waals surface area contributed by atoms with Gasteiger partial charge in [-0.3, -0.25) is 4.90 Å². The Hall–Kier alpha value is -0.570. The van der Waals surface area contributed by atoms with E-state index < -0.39 is 0 Å². The Bertz CT molecular complexity index is 399. The van der Waals surface area contributed by atoms with Crippen molar-refractivity contribution in [2.24, 2.45) is 0 Å². The highest BCUT2D eigenvalue weighted by Crippen LogP contribution is 2.32. The van der Waals surface area contributed by atoms with Gasteiger partial charge in [-0.1, -0.05) is 43.6 Å². The van der Waals surface area contributed by atoms with Crippen LogP contribution in [0.25, 0.3) is 0 Å². The van der Waals surface area contributed by atoms with Crippen LogP contribution in [0.2, 0.25) is 5.02 Å². The second-order valence-corrected chi connectivity index (χ2v) is 5.84. The van der Waals surface area contributed by atoms with Crippen molar-refractivity contribution in [3.8, 4) is 0 Å². The number of halogens is 1. The van der Waals surface area contributed by atoms with Crippen LogP contribution in [0.4, 0.5) is 0 Å². The zero-order valence-electron chi connectivity index (χ0n) is 12.1. The number of rotatable bonds is 5. The molecule has 1 fully saturated rings. The molecule has 2 rings (SSSR count). The predicted octanol–water partition coefficient (Wildman–Crippen LogP) is 3.69. The monoisotopic (exact) mass is 280 g/mol. The Morgan fingerprint density at radius 1 is 1.21 bits per heavy atom. The van der Waals surface area contributed by atoms with E-state index in [0.717, 1.165) is 31.2 Å². The lowest BCUT2D eigenvalue weighted by molar-refractivity contribution is 0.0497. The smallest absolute Gasteiger partial charge is 0.0451 e. The molecule has 0 saturated carbocycles. The van der Waals surface area contributed by atoms with Crippen molar-refractivity contribution in [3.05, 3.63) is 34.9 Å². The minimum atomic E-state index is 0.346. The van der Waals surface area contributed by atoms with E-state index in [1.54, 1.807) is 0 Å². The molecule has 1 aliphatic heterocycles. The van der Waals surface area contributed by atoms with Crippen molar-refractivity contribution in [1.82, 2.24) is 10.2 Å². The van der Waals surface area contributed by atoms with Gasteiger partial charge in [0.05, 0.1) is 0 Å². The molecule has 0 aromatic heterocycles. The first kappa shape index (κ1) is 14.8. The molecule has 1 heterocycles. The van der Waals surface area contributed by atoms with E-state index in [-0.39, 0.29) is 0 Å². The van der Waals surface area contributed by atoms with Gasteiger partial charge in [0.2, 0.25) is 0 Å². The maximum Gasteiger partial charge on any atom is 0.0451 e. The van der Waals surface area contributed by atoms with Gasteiger partial charge in [-0.2, -0.15) is 0 Å². The number of piperidine rings is 1. The zero-order chi connectivity index (χ0) is 13.7. The zero-order valence-corrected chi connectivity index (χ0v) is 12.8. The van der Waals surface area contributed by atoms with E-state index in [2.05, 4.69) is 36.2 Å². The predicted molar refractivity (Wildman–Crippen MR) is 82.7 cm³/mol. The second-order valence-electron chi connectivity index (χ2n) is 5.43. The molecule has 0 aliphatic carbocycles. The average Bonchev–Trinajstić information content (AvgIpc) is 2.47. The van der Waals surface area contributed by atoms with Crippen LogP contribution in [0, 0.1) is 0 Å². The molecule has 1 aromatic carbocycles. The fourth-order valence-electron chi connectivity index (χ4n) is 3.23. The number of nitrogens with zero attached hydrogens (tertiary/aromatic N) is 1. The van der Waals surface area contributed by atoms with Crippen LogP contribution < -0.4 is 5.32 Å². The summed E-state index contributed by atoms with van der Waals surface area (Å²) >= 11 is 6.31. The molecule has 1 N–H and O–H groups in total. The fourth-order valence-corrected chi connectivity index (χ4v) is 3.43. The minimum Gasteiger partial charge on any atom is -0.317 e. The number of benzene rings is 1.